The van der Waals surface area contributed by atoms with Gasteiger partial charge in [0.2, 0.25) is 0 Å². The number of nitriles is 1. The number of nitrogen functional groups attached to an aromatic ring is 1. The molecular formula is C15H15ClN4O. The summed E-state index contributed by atoms with van der Waals surface area (Å²) in [5, 5.41) is 12.0. The molecule has 2 aromatic rings. The predicted molar refractivity (Wildman–Crippen MR) is 83.3 cm³/mol. The van der Waals surface area contributed by atoms with Gasteiger partial charge >= 0.3 is 0 Å². The number of rotatable bonds is 4. The highest BCUT2D eigenvalue weighted by Gasteiger charge is 2.13. The van der Waals surface area contributed by atoms with Gasteiger partial charge in [-0.3, -0.25) is 4.79 Å². The van der Waals surface area contributed by atoms with Gasteiger partial charge in [-0.05, 0) is 30.7 Å². The van der Waals surface area contributed by atoms with Crippen molar-refractivity contribution in [3.05, 3.63) is 46.7 Å². The normalized spacial score (nSPS) is 10.1. The lowest BCUT2D eigenvalue weighted by Crippen LogP contribution is -2.16. The lowest BCUT2D eigenvalue weighted by molar-refractivity contribution is 0.101. The number of amides is 1. The van der Waals surface area contributed by atoms with Gasteiger partial charge in [-0.25, -0.2) is 0 Å². The number of aromatic nitrogens is 1. The second kappa shape index (κ2) is 6.33. The molecule has 0 aliphatic rings. The van der Waals surface area contributed by atoms with Gasteiger partial charge in [-0.1, -0.05) is 18.5 Å². The van der Waals surface area contributed by atoms with E-state index in [0.29, 0.717) is 34.2 Å². The highest BCUT2D eigenvalue weighted by molar-refractivity contribution is 6.31. The average molecular weight is 303 g/mol. The number of hydrogen-bond acceptors (Lipinski definition) is 3. The van der Waals surface area contributed by atoms with Crippen LogP contribution in [0.25, 0.3) is 0 Å². The Morgan fingerprint density at radius 3 is 2.90 bits per heavy atom. The van der Waals surface area contributed by atoms with E-state index in [1.54, 1.807) is 24.4 Å². The van der Waals surface area contributed by atoms with E-state index < -0.39 is 0 Å². The van der Waals surface area contributed by atoms with Crippen molar-refractivity contribution in [2.24, 2.45) is 0 Å². The smallest absolute Gasteiger partial charge is 0.272 e. The fourth-order valence-corrected chi connectivity index (χ4v) is 2.19. The van der Waals surface area contributed by atoms with Gasteiger partial charge in [0.05, 0.1) is 16.3 Å². The fraction of sp³-hybridized carbons (Fsp3) is 0.200. The molecule has 21 heavy (non-hydrogen) atoms. The molecule has 0 spiro atoms. The second-order valence-electron chi connectivity index (χ2n) is 4.61. The molecule has 0 saturated heterocycles. The number of anilines is 2. The number of halogens is 1. The molecule has 6 heteroatoms. The van der Waals surface area contributed by atoms with E-state index in [-0.39, 0.29) is 5.91 Å². The molecule has 1 heterocycles. The van der Waals surface area contributed by atoms with Crippen LogP contribution in [0.3, 0.4) is 0 Å². The minimum absolute atomic E-state index is 0.272. The number of benzene rings is 1. The molecule has 0 bridgehead atoms. The summed E-state index contributed by atoms with van der Waals surface area (Å²) in [7, 11) is 0. The maximum absolute atomic E-state index is 12.3. The number of hydrogen-bond donors (Lipinski definition) is 2. The molecule has 0 saturated carbocycles. The van der Waals surface area contributed by atoms with Gasteiger partial charge in [-0.15, -0.1) is 0 Å². The van der Waals surface area contributed by atoms with E-state index in [1.165, 1.54) is 6.07 Å². The molecule has 0 unspecified atom stereocenters. The van der Waals surface area contributed by atoms with Crippen LogP contribution in [0.4, 0.5) is 11.4 Å². The molecule has 3 N–H and O–H groups in total. The Labute approximate surface area is 127 Å². The SMILES string of the molecule is CCCn1cc(N)cc1C(=O)Nc1ccc(Cl)c(C#N)c1. The molecule has 0 aliphatic carbocycles. The van der Waals surface area contributed by atoms with Crippen LogP contribution in [0.2, 0.25) is 5.02 Å². The zero-order valence-electron chi connectivity index (χ0n) is 11.6. The van der Waals surface area contributed by atoms with Crippen molar-refractivity contribution in [2.45, 2.75) is 19.9 Å². The first-order valence-corrected chi connectivity index (χ1v) is 6.89. The first-order valence-electron chi connectivity index (χ1n) is 6.51. The van der Waals surface area contributed by atoms with Crippen molar-refractivity contribution in [3.8, 4) is 6.07 Å². The van der Waals surface area contributed by atoms with Gasteiger partial charge < -0.3 is 15.6 Å². The topological polar surface area (TPSA) is 83.8 Å². The van der Waals surface area contributed by atoms with Crippen molar-refractivity contribution < 1.29 is 4.79 Å². The van der Waals surface area contributed by atoms with Gasteiger partial charge in [0, 0.05) is 18.4 Å². The molecule has 1 aromatic heterocycles. The van der Waals surface area contributed by atoms with E-state index in [0.717, 1.165) is 6.42 Å². The molecule has 0 fully saturated rings. The zero-order valence-corrected chi connectivity index (χ0v) is 12.3. The summed E-state index contributed by atoms with van der Waals surface area (Å²) >= 11 is 5.86. The Morgan fingerprint density at radius 2 is 2.24 bits per heavy atom. The molecule has 0 aliphatic heterocycles. The van der Waals surface area contributed by atoms with Crippen LogP contribution in [0.1, 0.15) is 29.4 Å². The second-order valence-corrected chi connectivity index (χ2v) is 5.02. The Balaban J connectivity index is 2.24. The highest BCUT2D eigenvalue weighted by Crippen LogP contribution is 2.21. The maximum Gasteiger partial charge on any atom is 0.272 e. The number of aryl methyl sites for hydroxylation is 1. The highest BCUT2D eigenvalue weighted by atomic mass is 35.5. The Hall–Kier alpha value is -2.45. The third kappa shape index (κ3) is 3.36. The summed E-state index contributed by atoms with van der Waals surface area (Å²) < 4.78 is 1.81. The van der Waals surface area contributed by atoms with Crippen LogP contribution in [-0.4, -0.2) is 10.5 Å². The minimum atomic E-state index is -0.272. The molecular weight excluding hydrogens is 288 g/mol. The summed E-state index contributed by atoms with van der Waals surface area (Å²) in [6.45, 7) is 2.74. The summed E-state index contributed by atoms with van der Waals surface area (Å²) in [4.78, 5) is 12.3. The largest absolute Gasteiger partial charge is 0.397 e. The Morgan fingerprint density at radius 1 is 1.48 bits per heavy atom. The molecule has 5 nitrogen and oxygen atoms in total. The van der Waals surface area contributed by atoms with Gasteiger partial charge in [0.25, 0.3) is 5.91 Å². The summed E-state index contributed by atoms with van der Waals surface area (Å²) in [5.41, 5.74) is 7.61. The third-order valence-electron chi connectivity index (χ3n) is 2.96. The number of carbonyl (C=O) groups excluding carboxylic acids is 1. The molecule has 1 aromatic carbocycles. The molecule has 108 valence electrons. The van der Waals surface area contributed by atoms with Gasteiger partial charge in [0.15, 0.2) is 0 Å². The van der Waals surface area contributed by atoms with E-state index >= 15 is 0 Å². The Bertz CT molecular complexity index is 715. The van der Waals surface area contributed by atoms with Gasteiger partial charge in [0.1, 0.15) is 11.8 Å². The summed E-state index contributed by atoms with van der Waals surface area (Å²) in [6.07, 6.45) is 2.63. The van der Waals surface area contributed by atoms with Crippen molar-refractivity contribution in [1.29, 1.82) is 5.26 Å². The number of nitrogens with zero attached hydrogens (tertiary/aromatic N) is 2. The van der Waals surface area contributed by atoms with Crippen LogP contribution >= 0.6 is 11.6 Å². The molecule has 1 amide bonds. The minimum Gasteiger partial charge on any atom is -0.397 e. The van der Waals surface area contributed by atoms with Crippen LogP contribution in [0.5, 0.6) is 0 Å². The quantitative estimate of drug-likeness (QED) is 0.909. The van der Waals surface area contributed by atoms with Crippen molar-refractivity contribution in [3.63, 3.8) is 0 Å². The van der Waals surface area contributed by atoms with Gasteiger partial charge in [-0.2, -0.15) is 5.26 Å². The number of nitrogens with two attached hydrogens (primary N) is 1. The van der Waals surface area contributed by atoms with E-state index in [4.69, 9.17) is 22.6 Å². The molecule has 2 rings (SSSR count). The molecule has 0 atom stereocenters. The van der Waals surface area contributed by atoms with E-state index in [1.807, 2.05) is 17.6 Å². The lowest BCUT2D eigenvalue weighted by atomic mass is 10.2. The van der Waals surface area contributed by atoms with Crippen LogP contribution < -0.4 is 11.1 Å². The average Bonchev–Trinajstić information content (AvgIpc) is 2.82. The number of nitrogens with one attached hydrogen (secondary N) is 1. The van der Waals surface area contributed by atoms with Crippen LogP contribution in [0.15, 0.2) is 30.5 Å². The van der Waals surface area contributed by atoms with E-state index in [9.17, 15) is 4.79 Å². The van der Waals surface area contributed by atoms with Crippen LogP contribution in [0, 0.1) is 11.3 Å². The standard InChI is InChI=1S/C15H15ClN4O/c1-2-5-20-9-11(18)7-14(20)15(21)19-12-3-4-13(16)10(6-12)8-17/h3-4,6-7,9H,2,5,18H2,1H3,(H,19,21). The van der Waals surface area contributed by atoms with Crippen molar-refractivity contribution >= 4 is 28.9 Å². The van der Waals surface area contributed by atoms with Crippen molar-refractivity contribution in [1.82, 2.24) is 4.57 Å². The first kappa shape index (κ1) is 14.9. The summed E-state index contributed by atoms with van der Waals surface area (Å²) in [5.74, 6) is -0.272. The Kier molecular flexibility index (Phi) is 4.51. The van der Waals surface area contributed by atoms with Crippen LogP contribution in [-0.2, 0) is 6.54 Å². The first-order chi connectivity index (χ1) is 10.0. The summed E-state index contributed by atoms with van der Waals surface area (Å²) in [6, 6.07) is 8.37. The maximum atomic E-state index is 12.3. The lowest BCUT2D eigenvalue weighted by Gasteiger charge is -2.09. The van der Waals surface area contributed by atoms with E-state index in [2.05, 4.69) is 5.32 Å². The fourth-order valence-electron chi connectivity index (χ4n) is 2.03. The zero-order chi connectivity index (χ0) is 15.4. The van der Waals surface area contributed by atoms with Crippen molar-refractivity contribution in [2.75, 3.05) is 11.1 Å². The predicted octanol–water partition coefficient (Wildman–Crippen LogP) is 3.26. The number of carbonyl (C=O) groups is 1. The monoisotopic (exact) mass is 302 g/mol. The third-order valence-corrected chi connectivity index (χ3v) is 3.29. The molecule has 0 radical (unpaired) electrons.